The number of nitrogens with one attached hydrogen (secondary N) is 1. The van der Waals surface area contributed by atoms with Gasteiger partial charge >= 0.3 is 0 Å². The van der Waals surface area contributed by atoms with Gasteiger partial charge < -0.3 is 24.1 Å². The van der Waals surface area contributed by atoms with Crippen LogP contribution in [0.2, 0.25) is 0 Å². The average molecular weight is 370 g/mol. The number of hydrogen-bond donors (Lipinski definition) is 1. The Balaban J connectivity index is 1.33. The molecule has 1 amide bonds. The van der Waals surface area contributed by atoms with E-state index in [-0.39, 0.29) is 12.0 Å². The van der Waals surface area contributed by atoms with Gasteiger partial charge in [0.05, 0.1) is 13.4 Å². The van der Waals surface area contributed by atoms with Crippen molar-refractivity contribution in [1.29, 1.82) is 0 Å². The Labute approximate surface area is 159 Å². The highest BCUT2D eigenvalue weighted by molar-refractivity contribution is 5.91. The van der Waals surface area contributed by atoms with Crippen molar-refractivity contribution < 1.29 is 18.7 Å². The number of rotatable bonds is 5. The number of benzene rings is 1. The first-order valence-corrected chi connectivity index (χ1v) is 9.56. The number of fused-ring (bicyclic) bond motifs is 1. The van der Waals surface area contributed by atoms with Gasteiger partial charge in [0.2, 0.25) is 0 Å². The van der Waals surface area contributed by atoms with E-state index >= 15 is 0 Å². The lowest BCUT2D eigenvalue weighted by atomic mass is 10.0. The Hall–Kier alpha value is -2.47. The molecule has 27 heavy (non-hydrogen) atoms. The summed E-state index contributed by atoms with van der Waals surface area (Å²) in [4.78, 5) is 14.2. The van der Waals surface area contributed by atoms with E-state index in [9.17, 15) is 4.79 Å². The van der Waals surface area contributed by atoms with E-state index in [1.54, 1.807) is 19.2 Å². The second-order valence-electron chi connectivity index (χ2n) is 7.33. The molecule has 6 nitrogen and oxygen atoms in total. The van der Waals surface area contributed by atoms with E-state index in [0.717, 1.165) is 56.0 Å². The third kappa shape index (κ3) is 3.81. The van der Waals surface area contributed by atoms with Crippen molar-refractivity contribution in [3.8, 4) is 11.5 Å². The number of furan rings is 1. The van der Waals surface area contributed by atoms with Crippen molar-refractivity contribution in [3.05, 3.63) is 47.4 Å². The highest BCUT2D eigenvalue weighted by atomic mass is 16.5. The van der Waals surface area contributed by atoms with E-state index in [1.807, 2.05) is 4.90 Å². The van der Waals surface area contributed by atoms with E-state index < -0.39 is 0 Å². The van der Waals surface area contributed by atoms with Gasteiger partial charge in [0.1, 0.15) is 17.6 Å². The van der Waals surface area contributed by atoms with Crippen LogP contribution in [0.3, 0.4) is 0 Å². The zero-order valence-electron chi connectivity index (χ0n) is 15.9. The minimum Gasteiger partial charge on any atom is -0.496 e. The standard InChI is InChI=1S/C21H26N2O4/c1-14-10-15-11-19(25-2)16(12-20(15)27-14)13-22-17-5-7-23(8-6-17)21(24)18-4-3-9-26-18/h3-4,9,11-12,14,17,22H,5-8,10,13H2,1-2H3. The number of nitrogens with zero attached hydrogens (tertiary/aromatic N) is 1. The first-order valence-electron chi connectivity index (χ1n) is 9.56. The molecule has 1 aromatic heterocycles. The first kappa shape index (κ1) is 17.9. The number of ether oxygens (including phenoxy) is 2. The molecule has 0 radical (unpaired) electrons. The summed E-state index contributed by atoms with van der Waals surface area (Å²) in [7, 11) is 1.71. The van der Waals surface area contributed by atoms with Crippen LogP contribution in [-0.4, -0.2) is 43.2 Å². The lowest BCUT2D eigenvalue weighted by molar-refractivity contribution is 0.0672. The van der Waals surface area contributed by atoms with Crippen LogP contribution in [0.15, 0.2) is 34.9 Å². The van der Waals surface area contributed by atoms with E-state index in [0.29, 0.717) is 11.8 Å². The van der Waals surface area contributed by atoms with Gasteiger partial charge in [-0.3, -0.25) is 4.79 Å². The van der Waals surface area contributed by atoms with Crippen LogP contribution in [0.4, 0.5) is 0 Å². The molecule has 0 bridgehead atoms. The van der Waals surface area contributed by atoms with Gasteiger partial charge in [0.15, 0.2) is 5.76 Å². The number of methoxy groups -OCH3 is 1. The lowest BCUT2D eigenvalue weighted by Crippen LogP contribution is -2.44. The summed E-state index contributed by atoms with van der Waals surface area (Å²) in [6.45, 7) is 4.28. The zero-order chi connectivity index (χ0) is 18.8. The highest BCUT2D eigenvalue weighted by Gasteiger charge is 2.26. The van der Waals surface area contributed by atoms with Gasteiger partial charge in [-0.05, 0) is 44.0 Å². The Morgan fingerprint density at radius 3 is 2.85 bits per heavy atom. The molecule has 144 valence electrons. The van der Waals surface area contributed by atoms with Crippen molar-refractivity contribution in [2.24, 2.45) is 0 Å². The fraction of sp³-hybridized carbons (Fsp3) is 0.476. The van der Waals surface area contributed by atoms with Crippen molar-refractivity contribution in [3.63, 3.8) is 0 Å². The topological polar surface area (TPSA) is 63.9 Å². The quantitative estimate of drug-likeness (QED) is 0.877. The van der Waals surface area contributed by atoms with Crippen LogP contribution < -0.4 is 14.8 Å². The van der Waals surface area contributed by atoms with Crippen molar-refractivity contribution in [2.45, 2.75) is 44.9 Å². The summed E-state index contributed by atoms with van der Waals surface area (Å²) in [5.41, 5.74) is 2.33. The fourth-order valence-electron chi connectivity index (χ4n) is 3.91. The molecule has 2 aromatic rings. The Kier molecular flexibility index (Phi) is 5.07. The molecule has 2 aliphatic heterocycles. The number of piperidine rings is 1. The summed E-state index contributed by atoms with van der Waals surface area (Å²) in [6, 6.07) is 8.04. The molecule has 2 aliphatic rings. The summed E-state index contributed by atoms with van der Waals surface area (Å²) in [5.74, 6) is 2.27. The Bertz CT molecular complexity index is 795. The fourth-order valence-corrected chi connectivity index (χ4v) is 3.91. The zero-order valence-corrected chi connectivity index (χ0v) is 15.9. The average Bonchev–Trinajstić information content (AvgIpc) is 3.34. The SMILES string of the molecule is COc1cc2c(cc1CNC1CCN(C(=O)c3ccco3)CC1)OC(C)C2. The maximum Gasteiger partial charge on any atom is 0.289 e. The van der Waals surface area contributed by atoms with Gasteiger partial charge in [0.25, 0.3) is 5.91 Å². The number of carbonyl (C=O) groups excluding carboxylic acids is 1. The molecule has 3 heterocycles. The molecular formula is C21H26N2O4. The van der Waals surface area contributed by atoms with Crippen LogP contribution in [0.5, 0.6) is 11.5 Å². The maximum absolute atomic E-state index is 12.3. The van der Waals surface area contributed by atoms with Gasteiger partial charge in [-0.15, -0.1) is 0 Å². The largest absolute Gasteiger partial charge is 0.496 e. The van der Waals surface area contributed by atoms with Crippen molar-refractivity contribution in [1.82, 2.24) is 10.2 Å². The first-order chi connectivity index (χ1) is 13.1. The van der Waals surface area contributed by atoms with Crippen LogP contribution in [0.1, 0.15) is 41.4 Å². The van der Waals surface area contributed by atoms with Crippen molar-refractivity contribution >= 4 is 5.91 Å². The van der Waals surface area contributed by atoms with Crippen LogP contribution in [0, 0.1) is 0 Å². The molecule has 1 fully saturated rings. The van der Waals surface area contributed by atoms with Gasteiger partial charge in [-0.25, -0.2) is 0 Å². The van der Waals surface area contributed by atoms with Gasteiger partial charge in [-0.1, -0.05) is 0 Å². The minimum atomic E-state index is -0.0231. The van der Waals surface area contributed by atoms with E-state index in [4.69, 9.17) is 13.9 Å². The number of carbonyl (C=O) groups is 1. The molecular weight excluding hydrogens is 344 g/mol. The minimum absolute atomic E-state index is 0.0231. The number of amides is 1. The summed E-state index contributed by atoms with van der Waals surface area (Å²) in [6.07, 6.45) is 4.54. The Morgan fingerprint density at radius 2 is 2.15 bits per heavy atom. The monoisotopic (exact) mass is 370 g/mol. The number of hydrogen-bond acceptors (Lipinski definition) is 5. The molecule has 0 aliphatic carbocycles. The molecule has 0 saturated carbocycles. The van der Waals surface area contributed by atoms with Crippen LogP contribution in [-0.2, 0) is 13.0 Å². The lowest BCUT2D eigenvalue weighted by Gasteiger charge is -2.32. The maximum atomic E-state index is 12.3. The molecule has 1 atom stereocenters. The molecule has 4 rings (SSSR count). The molecule has 1 unspecified atom stereocenters. The van der Waals surface area contributed by atoms with Crippen LogP contribution in [0.25, 0.3) is 0 Å². The summed E-state index contributed by atoms with van der Waals surface area (Å²) >= 11 is 0. The summed E-state index contributed by atoms with van der Waals surface area (Å²) < 4.78 is 16.7. The van der Waals surface area contributed by atoms with Gasteiger partial charge in [-0.2, -0.15) is 0 Å². The Morgan fingerprint density at radius 1 is 1.33 bits per heavy atom. The third-order valence-corrected chi connectivity index (χ3v) is 5.39. The highest BCUT2D eigenvalue weighted by Crippen LogP contribution is 2.35. The van der Waals surface area contributed by atoms with Gasteiger partial charge in [0, 0.05) is 43.2 Å². The molecule has 0 spiro atoms. The van der Waals surface area contributed by atoms with Crippen molar-refractivity contribution in [2.75, 3.05) is 20.2 Å². The predicted octanol–water partition coefficient (Wildman–Crippen LogP) is 3.01. The number of likely N-dealkylation sites (tertiary alicyclic amines) is 1. The van der Waals surface area contributed by atoms with Crippen LogP contribution >= 0.6 is 0 Å². The molecule has 1 N–H and O–H groups in total. The van der Waals surface area contributed by atoms with E-state index in [2.05, 4.69) is 24.4 Å². The smallest absolute Gasteiger partial charge is 0.289 e. The second-order valence-corrected chi connectivity index (χ2v) is 7.33. The summed E-state index contributed by atoms with van der Waals surface area (Å²) in [5, 5.41) is 3.61. The third-order valence-electron chi connectivity index (χ3n) is 5.39. The molecule has 1 aromatic carbocycles. The normalized spacial score (nSPS) is 19.6. The molecule has 6 heteroatoms. The van der Waals surface area contributed by atoms with E-state index in [1.165, 1.54) is 11.8 Å². The second kappa shape index (κ2) is 7.64. The molecule has 1 saturated heterocycles. The predicted molar refractivity (Wildman–Crippen MR) is 101 cm³/mol.